The number of likely N-dealkylation sites (tertiary alicyclic amines) is 1. The van der Waals surface area contributed by atoms with E-state index < -0.39 is 0 Å². The van der Waals surface area contributed by atoms with Crippen LogP contribution in [0.1, 0.15) is 35.7 Å². The van der Waals surface area contributed by atoms with Crippen molar-refractivity contribution in [3.8, 4) is 11.5 Å². The summed E-state index contributed by atoms with van der Waals surface area (Å²) in [5, 5.41) is 4.13. The molecule has 4 rings (SSSR count). The molecule has 0 aliphatic carbocycles. The molecule has 28 heavy (non-hydrogen) atoms. The summed E-state index contributed by atoms with van der Waals surface area (Å²) in [7, 11) is 0. The molecular weight excluding hydrogens is 359 g/mol. The van der Waals surface area contributed by atoms with Crippen LogP contribution in [0.25, 0.3) is 11.5 Å². The summed E-state index contributed by atoms with van der Waals surface area (Å²) < 4.78 is 18.7. The molecule has 1 atom stereocenters. The first kappa shape index (κ1) is 18.3. The topological polar surface area (TPSA) is 72.1 Å². The second-order valence-corrected chi connectivity index (χ2v) is 7.12. The summed E-state index contributed by atoms with van der Waals surface area (Å²) in [6.07, 6.45) is 5.43. The third-order valence-corrected chi connectivity index (χ3v) is 5.15. The number of nitrogens with zero attached hydrogens (tertiary/aromatic N) is 4. The fourth-order valence-corrected chi connectivity index (χ4v) is 3.56. The predicted octanol–water partition coefficient (Wildman–Crippen LogP) is 3.53. The van der Waals surface area contributed by atoms with Gasteiger partial charge in [0.2, 0.25) is 5.91 Å². The van der Waals surface area contributed by atoms with Crippen molar-refractivity contribution in [2.75, 3.05) is 13.1 Å². The van der Waals surface area contributed by atoms with Crippen LogP contribution in [0.15, 0.2) is 47.2 Å². The maximum atomic E-state index is 13.3. The molecular formula is C21H21FN4O2. The molecule has 3 heterocycles. The number of aryl methyl sites for hydroxylation is 1. The molecule has 1 amide bonds. The third-order valence-electron chi connectivity index (χ3n) is 5.15. The monoisotopic (exact) mass is 380 g/mol. The standard InChI is InChI=1S/C21H21FN4O2/c1-14-11-18(22)5-4-16(14)12-19(27)26-10-2-3-17(13-26)20-24-21(28-25-20)15-6-8-23-9-7-15/h4-9,11,17H,2-3,10,12-13H2,1H3. The summed E-state index contributed by atoms with van der Waals surface area (Å²) in [6, 6.07) is 8.18. The lowest BCUT2D eigenvalue weighted by atomic mass is 9.96. The molecule has 0 radical (unpaired) electrons. The Kier molecular flexibility index (Phi) is 5.14. The second-order valence-electron chi connectivity index (χ2n) is 7.12. The molecule has 2 aromatic heterocycles. The summed E-state index contributed by atoms with van der Waals surface area (Å²) in [5.74, 6) is 0.891. The van der Waals surface area contributed by atoms with Gasteiger partial charge in [-0.2, -0.15) is 4.98 Å². The SMILES string of the molecule is Cc1cc(F)ccc1CC(=O)N1CCCC(c2noc(-c3ccncc3)n2)C1. The molecule has 1 aromatic carbocycles. The van der Waals surface area contributed by atoms with Gasteiger partial charge < -0.3 is 9.42 Å². The summed E-state index contributed by atoms with van der Waals surface area (Å²) in [5.41, 5.74) is 2.47. The van der Waals surface area contributed by atoms with E-state index >= 15 is 0 Å². The second kappa shape index (κ2) is 7.88. The van der Waals surface area contributed by atoms with Crippen LogP contribution in [-0.4, -0.2) is 39.0 Å². The third kappa shape index (κ3) is 3.93. The van der Waals surface area contributed by atoms with Crippen molar-refractivity contribution in [3.05, 3.63) is 65.5 Å². The Hall–Kier alpha value is -3.09. The highest BCUT2D eigenvalue weighted by atomic mass is 19.1. The van der Waals surface area contributed by atoms with Crippen LogP contribution in [0.5, 0.6) is 0 Å². The van der Waals surface area contributed by atoms with Crippen molar-refractivity contribution in [1.29, 1.82) is 0 Å². The average molecular weight is 380 g/mol. The van der Waals surface area contributed by atoms with Gasteiger partial charge in [-0.1, -0.05) is 11.2 Å². The molecule has 3 aromatic rings. The molecule has 1 aliphatic heterocycles. The quantitative estimate of drug-likeness (QED) is 0.692. The molecule has 0 N–H and O–H groups in total. The van der Waals surface area contributed by atoms with Gasteiger partial charge in [-0.25, -0.2) is 4.39 Å². The molecule has 144 valence electrons. The normalized spacial score (nSPS) is 16.9. The lowest BCUT2D eigenvalue weighted by Gasteiger charge is -2.31. The zero-order valence-electron chi connectivity index (χ0n) is 15.6. The van der Waals surface area contributed by atoms with E-state index in [1.165, 1.54) is 12.1 Å². The molecule has 0 saturated carbocycles. The van der Waals surface area contributed by atoms with Gasteiger partial charge in [0.05, 0.1) is 6.42 Å². The molecule has 0 bridgehead atoms. The largest absolute Gasteiger partial charge is 0.342 e. The lowest BCUT2D eigenvalue weighted by Crippen LogP contribution is -2.40. The Labute approximate surface area is 162 Å². The van der Waals surface area contributed by atoms with Gasteiger partial charge in [0.25, 0.3) is 5.89 Å². The van der Waals surface area contributed by atoms with Crippen molar-refractivity contribution in [1.82, 2.24) is 20.0 Å². The molecule has 7 heteroatoms. The number of amides is 1. The van der Waals surface area contributed by atoms with Crippen molar-refractivity contribution < 1.29 is 13.7 Å². The highest BCUT2D eigenvalue weighted by Crippen LogP contribution is 2.27. The number of halogens is 1. The Morgan fingerprint density at radius 3 is 2.89 bits per heavy atom. The number of benzene rings is 1. The van der Waals surface area contributed by atoms with E-state index in [9.17, 15) is 9.18 Å². The van der Waals surface area contributed by atoms with Crippen molar-refractivity contribution in [3.63, 3.8) is 0 Å². The van der Waals surface area contributed by atoms with E-state index in [4.69, 9.17) is 4.52 Å². The van der Waals surface area contributed by atoms with Crippen LogP contribution in [0.3, 0.4) is 0 Å². The van der Waals surface area contributed by atoms with Gasteiger partial charge in [0.1, 0.15) is 5.82 Å². The van der Waals surface area contributed by atoms with E-state index in [0.717, 1.165) is 29.5 Å². The molecule has 1 unspecified atom stereocenters. The first-order valence-electron chi connectivity index (χ1n) is 9.37. The highest BCUT2D eigenvalue weighted by Gasteiger charge is 2.28. The number of hydrogen-bond acceptors (Lipinski definition) is 5. The van der Waals surface area contributed by atoms with E-state index in [2.05, 4.69) is 15.1 Å². The summed E-state index contributed by atoms with van der Waals surface area (Å²) in [4.78, 5) is 23.1. The summed E-state index contributed by atoms with van der Waals surface area (Å²) >= 11 is 0. The number of rotatable bonds is 4. The minimum atomic E-state index is -0.283. The Bertz CT molecular complexity index is 974. The van der Waals surface area contributed by atoms with Crippen LogP contribution >= 0.6 is 0 Å². The van der Waals surface area contributed by atoms with E-state index in [-0.39, 0.29) is 24.1 Å². The zero-order chi connectivity index (χ0) is 19.5. The molecule has 1 aliphatic rings. The van der Waals surface area contributed by atoms with Crippen LogP contribution < -0.4 is 0 Å². The van der Waals surface area contributed by atoms with E-state index in [0.29, 0.717) is 24.8 Å². The van der Waals surface area contributed by atoms with E-state index in [1.54, 1.807) is 18.5 Å². The number of aromatic nitrogens is 3. The Morgan fingerprint density at radius 2 is 2.11 bits per heavy atom. The van der Waals surface area contributed by atoms with Crippen molar-refractivity contribution in [2.24, 2.45) is 0 Å². The van der Waals surface area contributed by atoms with Crippen LogP contribution in [0.2, 0.25) is 0 Å². The fraction of sp³-hybridized carbons (Fsp3) is 0.333. The smallest absolute Gasteiger partial charge is 0.258 e. The van der Waals surface area contributed by atoms with Crippen molar-refractivity contribution >= 4 is 5.91 Å². The molecule has 1 fully saturated rings. The van der Waals surface area contributed by atoms with Gasteiger partial charge >= 0.3 is 0 Å². The first-order valence-corrected chi connectivity index (χ1v) is 9.37. The van der Waals surface area contributed by atoms with Crippen LogP contribution in [0.4, 0.5) is 4.39 Å². The van der Waals surface area contributed by atoms with Gasteiger partial charge in [0, 0.05) is 37.0 Å². The maximum absolute atomic E-state index is 13.3. The number of hydrogen-bond donors (Lipinski definition) is 0. The number of pyridine rings is 1. The lowest BCUT2D eigenvalue weighted by molar-refractivity contribution is -0.131. The molecule has 6 nitrogen and oxygen atoms in total. The Morgan fingerprint density at radius 1 is 1.29 bits per heavy atom. The van der Waals surface area contributed by atoms with E-state index in [1.807, 2.05) is 24.0 Å². The van der Waals surface area contributed by atoms with Gasteiger partial charge in [-0.3, -0.25) is 9.78 Å². The Balaban J connectivity index is 1.44. The van der Waals surface area contributed by atoms with Crippen LogP contribution in [-0.2, 0) is 11.2 Å². The van der Waals surface area contributed by atoms with Crippen molar-refractivity contribution in [2.45, 2.75) is 32.1 Å². The van der Waals surface area contributed by atoms with Crippen LogP contribution in [0, 0.1) is 12.7 Å². The number of piperidine rings is 1. The first-order chi connectivity index (χ1) is 13.6. The number of carbonyl (C=O) groups excluding carboxylic acids is 1. The minimum Gasteiger partial charge on any atom is -0.342 e. The van der Waals surface area contributed by atoms with Gasteiger partial charge in [-0.15, -0.1) is 0 Å². The van der Waals surface area contributed by atoms with Gasteiger partial charge in [0.15, 0.2) is 5.82 Å². The highest BCUT2D eigenvalue weighted by molar-refractivity contribution is 5.79. The minimum absolute atomic E-state index is 0.0391. The van der Waals surface area contributed by atoms with Gasteiger partial charge in [-0.05, 0) is 55.2 Å². The zero-order valence-corrected chi connectivity index (χ0v) is 15.6. The predicted molar refractivity (Wildman–Crippen MR) is 101 cm³/mol. The molecule has 1 saturated heterocycles. The maximum Gasteiger partial charge on any atom is 0.258 e. The number of carbonyl (C=O) groups is 1. The fourth-order valence-electron chi connectivity index (χ4n) is 3.56. The average Bonchev–Trinajstić information content (AvgIpc) is 3.21. The summed E-state index contributed by atoms with van der Waals surface area (Å²) in [6.45, 7) is 3.10. The molecule has 0 spiro atoms.